The van der Waals surface area contributed by atoms with E-state index in [9.17, 15) is 9.18 Å². The van der Waals surface area contributed by atoms with Crippen molar-refractivity contribution in [2.45, 2.75) is 19.4 Å². The highest BCUT2D eigenvalue weighted by Gasteiger charge is 2.23. The van der Waals surface area contributed by atoms with Crippen molar-refractivity contribution in [1.82, 2.24) is 30.0 Å². The van der Waals surface area contributed by atoms with Crippen LogP contribution in [0.4, 0.5) is 10.3 Å². The van der Waals surface area contributed by atoms with Crippen LogP contribution in [-0.2, 0) is 19.4 Å². The van der Waals surface area contributed by atoms with Crippen LogP contribution in [-0.4, -0.2) is 76.3 Å². The molecule has 0 radical (unpaired) electrons. The fraction of sp³-hybridized carbons (Fsp3) is 0.435. The minimum atomic E-state index is -0.256. The van der Waals surface area contributed by atoms with Gasteiger partial charge in [0, 0.05) is 68.9 Å². The predicted octanol–water partition coefficient (Wildman–Crippen LogP) is 1.65. The summed E-state index contributed by atoms with van der Waals surface area (Å²) in [6.45, 7) is 5.99. The van der Waals surface area contributed by atoms with Crippen LogP contribution in [0, 0.1) is 5.82 Å². The van der Waals surface area contributed by atoms with Gasteiger partial charge < -0.3 is 9.80 Å². The topological polar surface area (TPSA) is 84.2 Å². The summed E-state index contributed by atoms with van der Waals surface area (Å²) in [4.78, 5) is 27.5. The third-order valence-electron chi connectivity index (χ3n) is 6.48. The molecule has 2 aromatic heterocycles. The van der Waals surface area contributed by atoms with Crippen molar-refractivity contribution in [1.29, 1.82) is 0 Å². The van der Waals surface area contributed by atoms with Gasteiger partial charge in [-0.1, -0.05) is 0 Å². The molecule has 1 fully saturated rings. The number of nitrogens with one attached hydrogen (secondary N) is 2. The molecule has 9 heteroatoms. The first-order valence-corrected chi connectivity index (χ1v) is 11.1. The van der Waals surface area contributed by atoms with Gasteiger partial charge >= 0.3 is 0 Å². The fourth-order valence-corrected chi connectivity index (χ4v) is 4.51. The summed E-state index contributed by atoms with van der Waals surface area (Å²) in [5, 5.41) is 7.25. The van der Waals surface area contributed by atoms with Crippen molar-refractivity contribution < 1.29 is 4.39 Å². The molecule has 0 amide bonds. The highest BCUT2D eigenvalue weighted by Crippen LogP contribution is 2.24. The van der Waals surface area contributed by atoms with Crippen molar-refractivity contribution in [3.05, 3.63) is 63.5 Å². The van der Waals surface area contributed by atoms with E-state index in [-0.39, 0.29) is 11.4 Å². The Morgan fingerprint density at radius 1 is 1.03 bits per heavy atom. The second kappa shape index (κ2) is 8.84. The molecule has 2 aliphatic rings. The number of rotatable bonds is 4. The molecule has 0 unspecified atom stereocenters. The van der Waals surface area contributed by atoms with E-state index in [1.54, 1.807) is 12.1 Å². The fourth-order valence-electron chi connectivity index (χ4n) is 4.51. The summed E-state index contributed by atoms with van der Waals surface area (Å²) in [5.41, 5.74) is 4.57. The lowest BCUT2D eigenvalue weighted by Gasteiger charge is -2.32. The van der Waals surface area contributed by atoms with E-state index < -0.39 is 0 Å². The number of anilines is 1. The van der Waals surface area contributed by atoms with Gasteiger partial charge in [0.15, 0.2) is 0 Å². The molecule has 168 valence electrons. The highest BCUT2D eigenvalue weighted by atomic mass is 19.1. The maximum atomic E-state index is 13.3. The van der Waals surface area contributed by atoms with Gasteiger partial charge in [0.05, 0.1) is 17.6 Å². The van der Waals surface area contributed by atoms with Crippen molar-refractivity contribution in [2.24, 2.45) is 0 Å². The lowest BCUT2D eigenvalue weighted by Crippen LogP contribution is -2.45. The number of H-pyrrole nitrogens is 2. The van der Waals surface area contributed by atoms with Crippen LogP contribution >= 0.6 is 0 Å². The molecule has 3 aromatic rings. The monoisotopic (exact) mass is 437 g/mol. The van der Waals surface area contributed by atoms with Gasteiger partial charge in [-0.25, -0.2) is 9.37 Å². The largest absolute Gasteiger partial charge is 0.340 e. The van der Waals surface area contributed by atoms with Gasteiger partial charge in [-0.3, -0.25) is 19.8 Å². The zero-order valence-electron chi connectivity index (χ0n) is 18.3. The van der Waals surface area contributed by atoms with Crippen molar-refractivity contribution in [3.8, 4) is 11.3 Å². The molecule has 0 bridgehead atoms. The minimum absolute atomic E-state index is 0.0129. The lowest BCUT2D eigenvalue weighted by atomic mass is 10.1. The first kappa shape index (κ1) is 20.8. The summed E-state index contributed by atoms with van der Waals surface area (Å²) < 4.78 is 13.3. The van der Waals surface area contributed by atoms with E-state index in [2.05, 4.69) is 36.9 Å². The van der Waals surface area contributed by atoms with Crippen LogP contribution in [0.2, 0.25) is 0 Å². The standard InChI is InChI=1S/C23H28FN7O/c1-29-10-12-31(13-11-29)23-26-20-7-9-30(8-6-19(20)22(32)27-23)15-17-14-25-28-21(17)16-2-4-18(24)5-3-16/h2-5,14H,6-13,15H2,1H3,(H,25,28)(H,26,27,32). The summed E-state index contributed by atoms with van der Waals surface area (Å²) in [5.74, 6) is 0.442. The third kappa shape index (κ3) is 4.31. The van der Waals surface area contributed by atoms with E-state index in [4.69, 9.17) is 4.98 Å². The molecule has 2 N–H and O–H groups in total. The Hall–Kier alpha value is -3.04. The number of hydrogen-bond donors (Lipinski definition) is 2. The van der Waals surface area contributed by atoms with Crippen LogP contribution in [0.1, 0.15) is 16.8 Å². The number of benzene rings is 1. The summed E-state index contributed by atoms with van der Waals surface area (Å²) in [6.07, 6.45) is 3.24. The molecule has 5 rings (SSSR count). The van der Waals surface area contributed by atoms with Crippen LogP contribution in [0.15, 0.2) is 35.3 Å². The van der Waals surface area contributed by atoms with Crippen LogP contribution in [0.3, 0.4) is 0 Å². The maximum absolute atomic E-state index is 13.3. The second-order valence-electron chi connectivity index (χ2n) is 8.66. The van der Waals surface area contributed by atoms with Gasteiger partial charge in [-0.05, 0) is 37.7 Å². The number of piperazine rings is 1. The Labute approximate surface area is 186 Å². The van der Waals surface area contributed by atoms with E-state index in [0.717, 1.165) is 73.8 Å². The Morgan fingerprint density at radius 3 is 2.56 bits per heavy atom. The smallest absolute Gasteiger partial charge is 0.255 e. The number of halogens is 1. The van der Waals surface area contributed by atoms with Crippen molar-refractivity contribution >= 4 is 5.95 Å². The average Bonchev–Trinajstić information content (AvgIpc) is 3.15. The maximum Gasteiger partial charge on any atom is 0.255 e. The molecular formula is C23H28FN7O. The highest BCUT2D eigenvalue weighted by molar-refractivity contribution is 5.62. The first-order chi connectivity index (χ1) is 15.6. The van der Waals surface area contributed by atoms with Crippen molar-refractivity contribution in [2.75, 3.05) is 51.2 Å². The summed E-state index contributed by atoms with van der Waals surface area (Å²) >= 11 is 0. The van der Waals surface area contributed by atoms with Gasteiger partial charge in [0.25, 0.3) is 5.56 Å². The Morgan fingerprint density at radius 2 is 1.78 bits per heavy atom. The number of nitrogens with zero attached hydrogens (tertiary/aromatic N) is 5. The van der Waals surface area contributed by atoms with Crippen LogP contribution in [0.5, 0.6) is 0 Å². The molecule has 32 heavy (non-hydrogen) atoms. The molecule has 0 atom stereocenters. The van der Waals surface area contributed by atoms with E-state index in [0.29, 0.717) is 18.9 Å². The third-order valence-corrected chi connectivity index (χ3v) is 6.48. The van der Waals surface area contributed by atoms with Crippen molar-refractivity contribution in [3.63, 3.8) is 0 Å². The van der Waals surface area contributed by atoms with E-state index in [1.165, 1.54) is 12.1 Å². The number of aromatic nitrogens is 4. The summed E-state index contributed by atoms with van der Waals surface area (Å²) in [7, 11) is 2.11. The number of hydrogen-bond acceptors (Lipinski definition) is 6. The van der Waals surface area contributed by atoms with E-state index in [1.807, 2.05) is 6.20 Å². The molecule has 4 heterocycles. The predicted molar refractivity (Wildman–Crippen MR) is 121 cm³/mol. The van der Waals surface area contributed by atoms with E-state index >= 15 is 0 Å². The van der Waals surface area contributed by atoms with Gasteiger partial charge in [-0.15, -0.1) is 0 Å². The molecule has 1 saturated heterocycles. The Bertz CT molecular complexity index is 1130. The first-order valence-electron chi connectivity index (χ1n) is 11.1. The second-order valence-corrected chi connectivity index (χ2v) is 8.66. The molecule has 0 spiro atoms. The van der Waals surface area contributed by atoms with Gasteiger partial charge in [0.2, 0.25) is 5.95 Å². The molecule has 0 saturated carbocycles. The number of fused-ring (bicyclic) bond motifs is 1. The number of aromatic amines is 2. The lowest BCUT2D eigenvalue weighted by molar-refractivity contribution is 0.279. The SMILES string of the molecule is CN1CCN(c2nc3c(c(=O)[nH]2)CCN(Cc2cn[nH]c2-c2ccc(F)cc2)CC3)CC1. The Kier molecular flexibility index (Phi) is 5.75. The Balaban J connectivity index is 1.31. The molecule has 0 aliphatic carbocycles. The molecule has 8 nitrogen and oxygen atoms in total. The average molecular weight is 438 g/mol. The molecule has 1 aromatic carbocycles. The quantitative estimate of drug-likeness (QED) is 0.646. The molecular weight excluding hydrogens is 409 g/mol. The van der Waals surface area contributed by atoms with Gasteiger partial charge in [0.1, 0.15) is 5.82 Å². The number of likely N-dealkylation sites (N-methyl/N-ethyl adjacent to an activating group) is 1. The zero-order chi connectivity index (χ0) is 22.1. The minimum Gasteiger partial charge on any atom is -0.340 e. The molecule has 2 aliphatic heterocycles. The van der Waals surface area contributed by atoms with Crippen LogP contribution in [0.25, 0.3) is 11.3 Å². The van der Waals surface area contributed by atoms with Crippen LogP contribution < -0.4 is 10.5 Å². The zero-order valence-corrected chi connectivity index (χ0v) is 18.3. The van der Waals surface area contributed by atoms with Gasteiger partial charge in [-0.2, -0.15) is 5.10 Å². The normalized spacial score (nSPS) is 17.9. The summed E-state index contributed by atoms with van der Waals surface area (Å²) in [6, 6.07) is 6.43.